The Bertz CT molecular complexity index is 502. The lowest BCUT2D eigenvalue weighted by Gasteiger charge is -2.10. The smallest absolute Gasteiger partial charge is 0.249 e. The molecule has 0 aliphatic rings. The highest BCUT2D eigenvalue weighted by Gasteiger charge is 2.33. The van der Waals surface area contributed by atoms with Crippen molar-refractivity contribution in [2.75, 3.05) is 0 Å². The van der Waals surface area contributed by atoms with Crippen LogP contribution >= 0.6 is 15.9 Å². The molecule has 1 aromatic carbocycles. The largest absolute Gasteiger partial charge is 0.417 e. The Morgan fingerprint density at radius 2 is 1.87 bits per heavy atom. The van der Waals surface area contributed by atoms with Gasteiger partial charge in [0.2, 0.25) is 0 Å². The van der Waals surface area contributed by atoms with Crippen LogP contribution in [0, 0.1) is 0 Å². The number of hydrogen-bond acceptors (Lipinski definition) is 1. The molecule has 15 heavy (non-hydrogen) atoms. The summed E-state index contributed by atoms with van der Waals surface area (Å²) in [4.78, 5) is 3.80. The van der Waals surface area contributed by atoms with Gasteiger partial charge in [0, 0.05) is 11.6 Å². The van der Waals surface area contributed by atoms with E-state index in [1.165, 1.54) is 12.3 Å². The standard InChI is InChI=1S/C10H5BrF3N/c11-9-8-6(4-5-15-9)2-1-3-7(8)10(12,13)14/h1-5H. The molecule has 0 saturated carbocycles. The summed E-state index contributed by atoms with van der Waals surface area (Å²) in [6.45, 7) is 0. The van der Waals surface area contributed by atoms with Gasteiger partial charge >= 0.3 is 6.18 Å². The second kappa shape index (κ2) is 3.48. The van der Waals surface area contributed by atoms with Crippen molar-refractivity contribution in [3.8, 4) is 0 Å². The van der Waals surface area contributed by atoms with Crippen molar-refractivity contribution >= 4 is 26.7 Å². The van der Waals surface area contributed by atoms with E-state index >= 15 is 0 Å². The van der Waals surface area contributed by atoms with Gasteiger partial charge in [-0.05, 0) is 33.4 Å². The first-order valence-corrected chi connectivity index (χ1v) is 4.90. The van der Waals surface area contributed by atoms with Crippen molar-refractivity contribution in [1.82, 2.24) is 4.98 Å². The molecule has 1 heterocycles. The van der Waals surface area contributed by atoms with Gasteiger partial charge in [-0.2, -0.15) is 13.2 Å². The van der Waals surface area contributed by atoms with Gasteiger partial charge in [-0.3, -0.25) is 0 Å². The van der Waals surface area contributed by atoms with E-state index in [1.54, 1.807) is 12.1 Å². The molecule has 0 atom stereocenters. The zero-order chi connectivity index (χ0) is 11.1. The van der Waals surface area contributed by atoms with E-state index < -0.39 is 11.7 Å². The molecule has 0 amide bonds. The second-order valence-corrected chi connectivity index (χ2v) is 3.75. The minimum atomic E-state index is -4.36. The average molecular weight is 276 g/mol. The lowest BCUT2D eigenvalue weighted by atomic mass is 10.1. The molecule has 5 heteroatoms. The molecule has 78 valence electrons. The fourth-order valence-corrected chi connectivity index (χ4v) is 1.98. The Labute approximate surface area is 92.1 Å². The van der Waals surface area contributed by atoms with Crippen LogP contribution < -0.4 is 0 Å². The van der Waals surface area contributed by atoms with E-state index in [-0.39, 0.29) is 9.99 Å². The molecule has 0 N–H and O–H groups in total. The van der Waals surface area contributed by atoms with Gasteiger partial charge in [0.05, 0.1) is 5.56 Å². The predicted molar refractivity (Wildman–Crippen MR) is 54.4 cm³/mol. The number of pyridine rings is 1. The first kappa shape index (κ1) is 10.4. The number of halogens is 4. The van der Waals surface area contributed by atoms with Crippen molar-refractivity contribution in [2.45, 2.75) is 6.18 Å². The van der Waals surface area contributed by atoms with Crippen LogP contribution in [-0.2, 0) is 6.18 Å². The third-order valence-electron chi connectivity index (χ3n) is 2.05. The van der Waals surface area contributed by atoms with Crippen LogP contribution in [0.3, 0.4) is 0 Å². The van der Waals surface area contributed by atoms with Crippen molar-refractivity contribution in [2.24, 2.45) is 0 Å². The minimum Gasteiger partial charge on any atom is -0.249 e. The fourth-order valence-electron chi connectivity index (χ4n) is 1.42. The Kier molecular flexibility index (Phi) is 2.42. The average Bonchev–Trinajstić information content (AvgIpc) is 2.16. The lowest BCUT2D eigenvalue weighted by molar-refractivity contribution is -0.136. The summed E-state index contributed by atoms with van der Waals surface area (Å²) >= 11 is 3.03. The summed E-state index contributed by atoms with van der Waals surface area (Å²) in [7, 11) is 0. The van der Waals surface area contributed by atoms with Gasteiger partial charge < -0.3 is 0 Å². The van der Waals surface area contributed by atoms with Crippen molar-refractivity contribution in [3.63, 3.8) is 0 Å². The number of fused-ring (bicyclic) bond motifs is 1. The van der Waals surface area contributed by atoms with Crippen LogP contribution in [0.4, 0.5) is 13.2 Å². The molecular formula is C10H5BrF3N. The van der Waals surface area contributed by atoms with E-state index in [0.29, 0.717) is 5.39 Å². The molecule has 0 bridgehead atoms. The quantitative estimate of drug-likeness (QED) is 0.662. The highest BCUT2D eigenvalue weighted by molar-refractivity contribution is 9.10. The molecule has 0 spiro atoms. The van der Waals surface area contributed by atoms with Crippen LogP contribution in [0.15, 0.2) is 35.1 Å². The molecule has 0 unspecified atom stereocenters. The monoisotopic (exact) mass is 275 g/mol. The van der Waals surface area contributed by atoms with Gasteiger partial charge in [-0.1, -0.05) is 12.1 Å². The summed E-state index contributed by atoms with van der Waals surface area (Å²) in [6.07, 6.45) is -2.89. The SMILES string of the molecule is FC(F)(F)c1cccc2ccnc(Br)c12. The highest BCUT2D eigenvalue weighted by atomic mass is 79.9. The third-order valence-corrected chi connectivity index (χ3v) is 2.65. The second-order valence-electron chi connectivity index (χ2n) is 3.00. The summed E-state index contributed by atoms with van der Waals surface area (Å²) in [6, 6.07) is 5.61. The van der Waals surface area contributed by atoms with Crippen LogP contribution in [0.5, 0.6) is 0 Å². The molecule has 2 aromatic rings. The zero-order valence-electron chi connectivity index (χ0n) is 7.35. The third kappa shape index (κ3) is 1.84. The first-order valence-electron chi connectivity index (χ1n) is 4.10. The zero-order valence-corrected chi connectivity index (χ0v) is 8.93. The molecule has 1 nitrogen and oxygen atoms in total. The molecule has 0 radical (unpaired) electrons. The van der Waals surface area contributed by atoms with Gasteiger partial charge in [0.25, 0.3) is 0 Å². The number of aromatic nitrogens is 1. The summed E-state index contributed by atoms with van der Waals surface area (Å²) in [5.74, 6) is 0. The van der Waals surface area contributed by atoms with Crippen LogP contribution in [0.25, 0.3) is 10.8 Å². The summed E-state index contributed by atoms with van der Waals surface area (Å²) < 4.78 is 38.2. The minimum absolute atomic E-state index is 0.104. The lowest BCUT2D eigenvalue weighted by Crippen LogP contribution is -2.06. The van der Waals surface area contributed by atoms with E-state index in [1.807, 2.05) is 0 Å². The van der Waals surface area contributed by atoms with Gasteiger partial charge in [-0.15, -0.1) is 0 Å². The van der Waals surface area contributed by atoms with Crippen molar-refractivity contribution in [3.05, 3.63) is 40.6 Å². The maximum Gasteiger partial charge on any atom is 0.417 e. The summed E-state index contributed by atoms with van der Waals surface area (Å²) in [5.41, 5.74) is -0.667. The predicted octanol–water partition coefficient (Wildman–Crippen LogP) is 4.02. The van der Waals surface area contributed by atoms with Gasteiger partial charge in [0.15, 0.2) is 0 Å². The normalized spacial score (nSPS) is 12.0. The van der Waals surface area contributed by atoms with E-state index in [2.05, 4.69) is 20.9 Å². The Balaban J connectivity index is 2.86. The van der Waals surface area contributed by atoms with E-state index in [0.717, 1.165) is 6.07 Å². The van der Waals surface area contributed by atoms with Gasteiger partial charge in [0.1, 0.15) is 4.60 Å². The Hall–Kier alpha value is -1.10. The molecule has 2 rings (SSSR count). The molecule has 0 aliphatic carbocycles. The molecule has 1 aromatic heterocycles. The molecule has 0 saturated heterocycles. The Morgan fingerprint density at radius 3 is 2.53 bits per heavy atom. The van der Waals surface area contributed by atoms with Crippen molar-refractivity contribution in [1.29, 1.82) is 0 Å². The maximum absolute atomic E-state index is 12.6. The topological polar surface area (TPSA) is 12.9 Å². The number of rotatable bonds is 0. The summed E-state index contributed by atoms with van der Waals surface area (Å²) in [5, 5.41) is 0.624. The van der Waals surface area contributed by atoms with Crippen LogP contribution in [0.1, 0.15) is 5.56 Å². The highest BCUT2D eigenvalue weighted by Crippen LogP contribution is 2.36. The molecule has 0 fully saturated rings. The molecule has 0 aliphatic heterocycles. The van der Waals surface area contributed by atoms with Crippen molar-refractivity contribution < 1.29 is 13.2 Å². The first-order chi connectivity index (χ1) is 7.00. The van der Waals surface area contributed by atoms with Gasteiger partial charge in [-0.25, -0.2) is 4.98 Å². The molecular weight excluding hydrogens is 271 g/mol. The Morgan fingerprint density at radius 1 is 1.13 bits per heavy atom. The van der Waals surface area contributed by atoms with Crippen LogP contribution in [-0.4, -0.2) is 4.98 Å². The number of hydrogen-bond donors (Lipinski definition) is 0. The maximum atomic E-state index is 12.6. The number of nitrogens with zero attached hydrogens (tertiary/aromatic N) is 1. The van der Waals surface area contributed by atoms with E-state index in [9.17, 15) is 13.2 Å². The number of benzene rings is 1. The van der Waals surface area contributed by atoms with Crippen LogP contribution in [0.2, 0.25) is 0 Å². The van der Waals surface area contributed by atoms with E-state index in [4.69, 9.17) is 0 Å². The number of alkyl halides is 3. The fraction of sp³-hybridized carbons (Fsp3) is 0.100.